The fraction of sp³-hybridized carbons (Fsp3) is 0.500. The molecule has 0 saturated carbocycles. The third-order valence-electron chi connectivity index (χ3n) is 6.70. The van der Waals surface area contributed by atoms with E-state index in [0.717, 1.165) is 36.8 Å². The smallest absolute Gasteiger partial charge is 0.379 e. The van der Waals surface area contributed by atoms with Crippen LogP contribution in [-0.4, -0.2) is 37.1 Å². The highest BCUT2D eigenvalue weighted by molar-refractivity contribution is 7.16. The molecule has 11 heteroatoms. The zero-order valence-corrected chi connectivity index (χ0v) is 21.0. The molecule has 5 rings (SSSR count). The van der Waals surface area contributed by atoms with Crippen LogP contribution in [0.5, 0.6) is 0 Å². The summed E-state index contributed by atoms with van der Waals surface area (Å²) >= 11 is 13.2. The van der Waals surface area contributed by atoms with Crippen LogP contribution in [0, 0.1) is 0 Å². The molecule has 2 aliphatic heterocycles. The van der Waals surface area contributed by atoms with Crippen molar-refractivity contribution in [1.29, 1.82) is 0 Å². The molecule has 1 aliphatic carbocycles. The third kappa shape index (κ3) is 4.68. The minimum Gasteiger partial charge on any atom is -0.379 e. The van der Waals surface area contributed by atoms with Crippen LogP contribution in [0.15, 0.2) is 23.4 Å². The molecule has 3 aliphatic rings. The summed E-state index contributed by atoms with van der Waals surface area (Å²) < 4.78 is 48.7. The van der Waals surface area contributed by atoms with Gasteiger partial charge < -0.3 is 14.9 Å². The van der Waals surface area contributed by atoms with Gasteiger partial charge in [0.1, 0.15) is 5.71 Å². The van der Waals surface area contributed by atoms with E-state index in [1.165, 1.54) is 29.5 Å². The average molecular weight is 547 g/mol. The second-order valence-electron chi connectivity index (χ2n) is 9.10. The van der Waals surface area contributed by atoms with Crippen LogP contribution in [0.25, 0.3) is 0 Å². The molecule has 3 heterocycles. The molecule has 5 nitrogen and oxygen atoms in total. The predicted molar refractivity (Wildman–Crippen MR) is 129 cm³/mol. The number of hydrogen-bond acceptors (Lipinski definition) is 5. The van der Waals surface area contributed by atoms with E-state index in [2.05, 4.69) is 10.5 Å². The third-order valence-corrected chi connectivity index (χ3v) is 8.46. The zero-order chi connectivity index (χ0) is 24.8. The number of fused-ring (bicyclic) bond motifs is 1. The van der Waals surface area contributed by atoms with Gasteiger partial charge in [-0.25, -0.2) is 0 Å². The van der Waals surface area contributed by atoms with Gasteiger partial charge in [-0.1, -0.05) is 28.4 Å². The quantitative estimate of drug-likeness (QED) is 0.481. The molecule has 1 aromatic heterocycles. The van der Waals surface area contributed by atoms with Gasteiger partial charge in [0.2, 0.25) is 0 Å². The Bertz CT molecular complexity index is 1160. The van der Waals surface area contributed by atoms with Crippen molar-refractivity contribution < 1.29 is 27.5 Å². The van der Waals surface area contributed by atoms with E-state index in [1.54, 1.807) is 0 Å². The van der Waals surface area contributed by atoms with Crippen molar-refractivity contribution in [3.05, 3.63) is 54.7 Å². The first kappa shape index (κ1) is 24.9. The molecule has 1 fully saturated rings. The van der Waals surface area contributed by atoms with Crippen LogP contribution in [0.2, 0.25) is 10.0 Å². The Morgan fingerprint density at radius 1 is 1.11 bits per heavy atom. The summed E-state index contributed by atoms with van der Waals surface area (Å²) in [6.45, 7) is 1.15. The second kappa shape index (κ2) is 9.57. The Balaban J connectivity index is 1.49. The monoisotopic (exact) mass is 546 g/mol. The van der Waals surface area contributed by atoms with Crippen LogP contribution in [0.4, 0.5) is 13.2 Å². The number of halogens is 5. The number of oxime groups is 1. The summed E-state index contributed by atoms with van der Waals surface area (Å²) in [4.78, 5) is 19.5. The molecule has 1 N–H and O–H groups in total. The van der Waals surface area contributed by atoms with Crippen LogP contribution >= 0.6 is 34.5 Å². The number of benzene rings is 1. The molecule has 0 spiro atoms. The minimum absolute atomic E-state index is 0.0707. The normalized spacial score (nSPS) is 24.5. The first-order valence-electron chi connectivity index (χ1n) is 11.5. The topological polar surface area (TPSA) is 59.9 Å². The van der Waals surface area contributed by atoms with Gasteiger partial charge in [-0.05, 0) is 67.9 Å². The van der Waals surface area contributed by atoms with E-state index in [-0.39, 0.29) is 33.3 Å². The summed E-state index contributed by atoms with van der Waals surface area (Å²) in [7, 11) is 0. The van der Waals surface area contributed by atoms with Crippen molar-refractivity contribution in [1.82, 2.24) is 5.32 Å². The maximum atomic E-state index is 14.4. The Morgan fingerprint density at radius 3 is 2.49 bits per heavy atom. The molecular weight excluding hydrogens is 524 g/mol. The molecule has 1 amide bonds. The van der Waals surface area contributed by atoms with E-state index in [0.29, 0.717) is 35.8 Å². The molecule has 0 radical (unpaired) electrons. The van der Waals surface area contributed by atoms with Crippen LogP contribution in [0.1, 0.15) is 63.3 Å². The summed E-state index contributed by atoms with van der Waals surface area (Å²) in [6, 6.07) is 3.70. The van der Waals surface area contributed by atoms with Crippen molar-refractivity contribution >= 4 is 46.2 Å². The van der Waals surface area contributed by atoms with Crippen molar-refractivity contribution in [2.75, 3.05) is 13.2 Å². The molecule has 188 valence electrons. The van der Waals surface area contributed by atoms with Gasteiger partial charge in [-0.15, -0.1) is 11.3 Å². The number of carbonyl (C=O) groups excluding carboxylic acids is 1. The molecule has 2 unspecified atom stereocenters. The Kier molecular flexibility index (Phi) is 6.80. The van der Waals surface area contributed by atoms with Crippen molar-refractivity contribution in [3.8, 4) is 0 Å². The molecule has 2 aromatic rings. The summed E-state index contributed by atoms with van der Waals surface area (Å²) in [6.07, 6.45) is -0.380. The van der Waals surface area contributed by atoms with Crippen LogP contribution < -0.4 is 5.32 Å². The van der Waals surface area contributed by atoms with Crippen LogP contribution in [0.3, 0.4) is 0 Å². The Hall–Kier alpha value is -1.81. The van der Waals surface area contributed by atoms with Crippen molar-refractivity contribution in [2.45, 2.75) is 62.8 Å². The fourth-order valence-corrected chi connectivity index (χ4v) is 6.77. The number of nitrogens with zero attached hydrogens (tertiary/aromatic N) is 1. The number of nitrogens with one attached hydrogen (secondary N) is 1. The zero-order valence-electron chi connectivity index (χ0n) is 18.6. The lowest BCUT2D eigenvalue weighted by Gasteiger charge is -2.29. The summed E-state index contributed by atoms with van der Waals surface area (Å²) in [5.41, 5.74) is -0.924. The molecule has 1 aromatic carbocycles. The van der Waals surface area contributed by atoms with E-state index in [9.17, 15) is 18.0 Å². The molecule has 35 heavy (non-hydrogen) atoms. The van der Waals surface area contributed by atoms with Gasteiger partial charge >= 0.3 is 6.18 Å². The number of carbonyl (C=O) groups is 1. The number of alkyl halides is 3. The van der Waals surface area contributed by atoms with Crippen molar-refractivity contribution in [3.63, 3.8) is 0 Å². The molecular formula is C24H23Cl2F3N2O3S. The minimum atomic E-state index is -4.77. The van der Waals surface area contributed by atoms with Gasteiger partial charge in [0.25, 0.3) is 11.5 Å². The van der Waals surface area contributed by atoms with Crippen LogP contribution in [-0.2, 0) is 28.0 Å². The number of thiophene rings is 1. The number of ether oxygens (including phenoxy) is 1. The predicted octanol–water partition coefficient (Wildman–Crippen LogP) is 6.42. The first-order chi connectivity index (χ1) is 16.7. The van der Waals surface area contributed by atoms with Gasteiger partial charge in [0.05, 0.1) is 28.8 Å². The highest BCUT2D eigenvalue weighted by atomic mass is 35.5. The van der Waals surface area contributed by atoms with Crippen molar-refractivity contribution in [2.24, 2.45) is 5.16 Å². The number of amides is 1. The molecule has 2 atom stereocenters. The highest BCUT2D eigenvalue weighted by Crippen LogP contribution is 2.51. The first-order valence-corrected chi connectivity index (χ1v) is 13.1. The van der Waals surface area contributed by atoms with Gasteiger partial charge in [0, 0.05) is 22.2 Å². The molecule has 1 saturated heterocycles. The highest BCUT2D eigenvalue weighted by Gasteiger charge is 2.62. The van der Waals surface area contributed by atoms with E-state index in [1.807, 2.05) is 0 Å². The largest absolute Gasteiger partial charge is 0.435 e. The summed E-state index contributed by atoms with van der Waals surface area (Å²) in [5.74, 6) is -0.210. The second-order valence-corrected chi connectivity index (χ2v) is 11.0. The number of hydrogen-bond donors (Lipinski definition) is 1. The lowest BCUT2D eigenvalue weighted by molar-refractivity contribution is -0.275. The summed E-state index contributed by atoms with van der Waals surface area (Å²) in [5, 5.41) is 7.11. The van der Waals surface area contributed by atoms with E-state index in [4.69, 9.17) is 32.8 Å². The molecule has 0 bridgehead atoms. The average Bonchev–Trinajstić information content (AvgIpc) is 3.42. The Labute approximate surface area is 214 Å². The van der Waals surface area contributed by atoms with Gasteiger partial charge in [0.15, 0.2) is 0 Å². The fourth-order valence-electron chi connectivity index (χ4n) is 4.97. The number of rotatable bonds is 4. The Morgan fingerprint density at radius 2 is 1.83 bits per heavy atom. The lowest BCUT2D eigenvalue weighted by Crippen LogP contribution is -2.42. The SMILES string of the molecule is O=C(NC1CCCOC1)c1sc(C2=NOC(c3cc(Cl)cc(Cl)c3)(C(F)(F)F)C2)c2c1CCCC2. The standard InChI is InChI=1S/C24H23Cl2F3N2O3S/c25-14-8-13(9-15(26)10-14)23(24(27,28)29)11-19(31-34-23)20-17-5-1-2-6-18(17)21(35-20)22(32)30-16-4-3-7-33-12-16/h8-10,16H,1-7,11-12H2,(H,30,32). The van der Waals surface area contributed by atoms with Gasteiger partial charge in [-0.2, -0.15) is 13.2 Å². The van der Waals surface area contributed by atoms with E-state index >= 15 is 0 Å². The maximum Gasteiger partial charge on any atom is 0.435 e. The van der Waals surface area contributed by atoms with Gasteiger partial charge in [-0.3, -0.25) is 4.79 Å². The maximum absolute atomic E-state index is 14.4. The lowest BCUT2D eigenvalue weighted by atomic mass is 9.85. The van der Waals surface area contributed by atoms with E-state index < -0.39 is 18.2 Å².